The maximum atomic E-state index is 6.56. The number of furan rings is 1. The van der Waals surface area contributed by atoms with Gasteiger partial charge in [-0.3, -0.25) is 4.40 Å². The van der Waals surface area contributed by atoms with E-state index in [0.29, 0.717) is 0 Å². The van der Waals surface area contributed by atoms with Gasteiger partial charge in [0.1, 0.15) is 16.7 Å². The third kappa shape index (κ3) is 3.19. The van der Waals surface area contributed by atoms with Crippen LogP contribution in [0.3, 0.4) is 0 Å². The molecule has 0 radical (unpaired) electrons. The van der Waals surface area contributed by atoms with Crippen LogP contribution >= 0.6 is 0 Å². The molecule has 49 heavy (non-hydrogen) atoms. The van der Waals surface area contributed by atoms with Gasteiger partial charge in [-0.2, -0.15) is 0 Å². The third-order valence-corrected chi connectivity index (χ3v) is 10.4. The lowest BCUT2D eigenvalue weighted by molar-refractivity contribution is 0.669. The second-order valence-corrected chi connectivity index (χ2v) is 13.0. The molecule has 5 heterocycles. The molecule has 0 saturated carbocycles. The number of nitrogens with zero attached hydrogens (tertiary/aromatic N) is 4. The zero-order valence-electron chi connectivity index (χ0n) is 26.1. The summed E-state index contributed by atoms with van der Waals surface area (Å²) in [4.78, 5) is 10.4. The topological polar surface area (TPSA) is 48.3 Å². The maximum Gasteiger partial charge on any atom is 0.165 e. The Kier molecular flexibility index (Phi) is 4.66. The summed E-state index contributed by atoms with van der Waals surface area (Å²) >= 11 is 0. The Hall–Kier alpha value is -6.72. The molecule has 0 saturated heterocycles. The second-order valence-electron chi connectivity index (χ2n) is 13.0. The van der Waals surface area contributed by atoms with Crippen molar-refractivity contribution in [1.29, 1.82) is 0 Å². The average molecular weight is 625 g/mol. The first-order valence-corrected chi connectivity index (χ1v) is 16.6. The maximum absolute atomic E-state index is 6.56. The highest BCUT2D eigenvalue weighted by Gasteiger charge is 2.25. The molecule has 7 aromatic carbocycles. The Balaban J connectivity index is 1.26. The normalized spacial score (nSPS) is 12.5. The Morgan fingerprint density at radius 1 is 0.469 bits per heavy atom. The van der Waals surface area contributed by atoms with Gasteiger partial charge in [0.25, 0.3) is 0 Å². The van der Waals surface area contributed by atoms with Crippen LogP contribution in [-0.4, -0.2) is 18.9 Å². The molecule has 0 aliphatic rings. The molecule has 0 aliphatic heterocycles. The van der Waals surface area contributed by atoms with E-state index < -0.39 is 0 Å². The van der Waals surface area contributed by atoms with Crippen molar-refractivity contribution in [3.8, 4) is 16.8 Å². The predicted molar refractivity (Wildman–Crippen MR) is 201 cm³/mol. The summed E-state index contributed by atoms with van der Waals surface area (Å²) in [5.41, 5.74) is 13.4. The lowest BCUT2D eigenvalue weighted by Crippen LogP contribution is -1.95. The number of rotatable bonds is 2. The zero-order valence-corrected chi connectivity index (χ0v) is 26.1. The van der Waals surface area contributed by atoms with Crippen LogP contribution in [0.15, 0.2) is 150 Å². The van der Waals surface area contributed by atoms with Crippen LogP contribution in [0.4, 0.5) is 0 Å². The Morgan fingerprint density at radius 3 is 2.12 bits per heavy atom. The van der Waals surface area contributed by atoms with E-state index >= 15 is 0 Å². The Bertz CT molecular complexity index is 3330. The first-order valence-electron chi connectivity index (χ1n) is 16.6. The van der Waals surface area contributed by atoms with Gasteiger partial charge in [0.15, 0.2) is 5.65 Å². The number of hydrogen-bond acceptors (Lipinski definition) is 3. The van der Waals surface area contributed by atoms with Crippen molar-refractivity contribution in [2.45, 2.75) is 0 Å². The summed E-state index contributed by atoms with van der Waals surface area (Å²) in [6, 6.07) is 51.6. The zero-order chi connectivity index (χ0) is 31.8. The van der Waals surface area contributed by atoms with Crippen LogP contribution in [-0.2, 0) is 0 Å². The molecule has 0 fully saturated rings. The molecular weight excluding hydrogens is 601 g/mol. The molecule has 0 atom stereocenters. The molecule has 12 aromatic rings. The minimum Gasteiger partial charge on any atom is -0.456 e. The van der Waals surface area contributed by atoms with Crippen molar-refractivity contribution in [3.05, 3.63) is 146 Å². The summed E-state index contributed by atoms with van der Waals surface area (Å²) in [5, 5.41) is 8.13. The SMILES string of the molecule is c1ccc(-n2c3ccccc3c3cccc(-c4ccc5c(c4)c4c6c(cc7c8nc9ccccc9nc8n5c74)oc4ccccc46)c32)cc1. The minimum atomic E-state index is 0.863. The smallest absolute Gasteiger partial charge is 0.165 e. The highest BCUT2D eigenvalue weighted by molar-refractivity contribution is 6.34. The van der Waals surface area contributed by atoms with E-state index in [1.165, 1.54) is 38.1 Å². The second kappa shape index (κ2) is 9.00. The number of benzene rings is 7. The van der Waals surface area contributed by atoms with Crippen LogP contribution in [0, 0.1) is 0 Å². The highest BCUT2D eigenvalue weighted by atomic mass is 16.3. The molecule has 5 heteroatoms. The van der Waals surface area contributed by atoms with Crippen molar-refractivity contribution in [2.75, 3.05) is 0 Å². The summed E-state index contributed by atoms with van der Waals surface area (Å²) in [6.07, 6.45) is 0. The van der Waals surface area contributed by atoms with Gasteiger partial charge in [-0.15, -0.1) is 0 Å². The number of fused-ring (bicyclic) bond motifs is 14. The fourth-order valence-electron chi connectivity index (χ4n) is 8.41. The molecule has 0 aliphatic carbocycles. The van der Waals surface area contributed by atoms with Crippen molar-refractivity contribution >= 4 is 93.1 Å². The van der Waals surface area contributed by atoms with Crippen molar-refractivity contribution in [3.63, 3.8) is 0 Å². The van der Waals surface area contributed by atoms with Gasteiger partial charge < -0.3 is 8.98 Å². The lowest BCUT2D eigenvalue weighted by Gasteiger charge is -2.12. The number of hydrogen-bond donors (Lipinski definition) is 0. The molecule has 226 valence electrons. The van der Waals surface area contributed by atoms with Crippen LogP contribution in [0.2, 0.25) is 0 Å². The quantitative estimate of drug-likeness (QED) is 0.192. The van der Waals surface area contributed by atoms with Crippen LogP contribution in [0.25, 0.3) is 110 Å². The largest absolute Gasteiger partial charge is 0.456 e. The van der Waals surface area contributed by atoms with Crippen LogP contribution < -0.4 is 0 Å². The van der Waals surface area contributed by atoms with Crippen LogP contribution in [0.5, 0.6) is 0 Å². The van der Waals surface area contributed by atoms with E-state index in [2.05, 4.69) is 124 Å². The Morgan fingerprint density at radius 2 is 1.22 bits per heavy atom. The van der Waals surface area contributed by atoms with Crippen molar-refractivity contribution < 1.29 is 4.42 Å². The summed E-state index contributed by atoms with van der Waals surface area (Å²) in [5.74, 6) is 0. The molecule has 5 aromatic heterocycles. The average Bonchev–Trinajstić information content (AvgIpc) is 3.89. The molecule has 12 rings (SSSR count). The van der Waals surface area contributed by atoms with E-state index in [4.69, 9.17) is 14.4 Å². The molecule has 0 amide bonds. The molecule has 0 bridgehead atoms. The van der Waals surface area contributed by atoms with Gasteiger partial charge in [0, 0.05) is 49.0 Å². The standard InChI is InChI=1S/C44H24N4O/c1-2-11-26(12-3-1)47-35-19-8-4-13-28(35)29-16-10-15-27(42(29)47)25-21-22-36-31(23-25)40-39-30-14-5-9-20-37(30)49-38(39)24-32-41-44(48(36)43(32)40)46-34-18-7-6-17-33(34)45-41/h1-24H. The summed E-state index contributed by atoms with van der Waals surface area (Å²) in [6.45, 7) is 0. The summed E-state index contributed by atoms with van der Waals surface area (Å²) in [7, 11) is 0. The fraction of sp³-hybridized carbons (Fsp3) is 0. The molecule has 5 nitrogen and oxygen atoms in total. The molecule has 0 unspecified atom stereocenters. The van der Waals surface area contributed by atoms with E-state index in [0.717, 1.165) is 71.8 Å². The van der Waals surface area contributed by atoms with E-state index in [9.17, 15) is 0 Å². The Labute approximate surface area is 278 Å². The first-order chi connectivity index (χ1) is 24.3. The molecule has 0 spiro atoms. The van der Waals surface area contributed by atoms with E-state index in [1.54, 1.807) is 0 Å². The first kappa shape index (κ1) is 25.4. The summed E-state index contributed by atoms with van der Waals surface area (Å²) < 4.78 is 11.3. The van der Waals surface area contributed by atoms with Gasteiger partial charge in [-0.05, 0) is 60.2 Å². The monoisotopic (exact) mass is 624 g/mol. The van der Waals surface area contributed by atoms with Gasteiger partial charge in [-0.1, -0.05) is 91.0 Å². The van der Waals surface area contributed by atoms with Crippen molar-refractivity contribution in [2.24, 2.45) is 0 Å². The van der Waals surface area contributed by atoms with Crippen molar-refractivity contribution in [1.82, 2.24) is 18.9 Å². The number of para-hydroxylation sites is 6. The predicted octanol–water partition coefficient (Wildman–Crippen LogP) is 11.4. The number of aromatic nitrogens is 4. The van der Waals surface area contributed by atoms with Gasteiger partial charge in [0.2, 0.25) is 0 Å². The van der Waals surface area contributed by atoms with E-state index in [-0.39, 0.29) is 0 Å². The van der Waals surface area contributed by atoms with Gasteiger partial charge in [-0.25, -0.2) is 9.97 Å². The van der Waals surface area contributed by atoms with Gasteiger partial charge >= 0.3 is 0 Å². The minimum absolute atomic E-state index is 0.863. The van der Waals surface area contributed by atoms with Gasteiger partial charge in [0.05, 0.1) is 33.1 Å². The van der Waals surface area contributed by atoms with E-state index in [1.807, 2.05) is 30.3 Å². The molecular formula is C44H24N4O. The fourth-order valence-corrected chi connectivity index (χ4v) is 8.41. The van der Waals surface area contributed by atoms with Crippen LogP contribution in [0.1, 0.15) is 0 Å². The third-order valence-electron chi connectivity index (χ3n) is 10.4. The lowest BCUT2D eigenvalue weighted by atomic mass is 9.98. The molecule has 0 N–H and O–H groups in total. The highest BCUT2D eigenvalue weighted by Crippen LogP contribution is 2.47.